The van der Waals surface area contributed by atoms with Gasteiger partial charge in [-0.25, -0.2) is 0 Å². The lowest BCUT2D eigenvalue weighted by Crippen LogP contribution is -2.62. The van der Waals surface area contributed by atoms with Crippen molar-refractivity contribution in [3.63, 3.8) is 0 Å². The van der Waals surface area contributed by atoms with Crippen LogP contribution in [0.25, 0.3) is 0 Å². The van der Waals surface area contributed by atoms with Gasteiger partial charge in [0.2, 0.25) is 0 Å². The summed E-state index contributed by atoms with van der Waals surface area (Å²) in [5.74, 6) is 3.49. The molecule has 0 fully saturated rings. The Bertz CT molecular complexity index is 2260. The largest absolute Gasteiger partial charge is 0.457 e. The molecule has 1 radical (unpaired) electrons. The van der Waals surface area contributed by atoms with Gasteiger partial charge >= 0.3 is 0 Å². The van der Waals surface area contributed by atoms with Crippen LogP contribution >= 0.6 is 0 Å². The number of para-hydroxylation sites is 6. The topological polar surface area (TPSA) is 21.7 Å². The van der Waals surface area contributed by atoms with E-state index in [9.17, 15) is 0 Å². The van der Waals surface area contributed by atoms with Gasteiger partial charge in [0, 0.05) is 16.8 Å². The molecule has 0 saturated carbocycles. The molecule has 47 heavy (non-hydrogen) atoms. The Morgan fingerprint density at radius 1 is 0.404 bits per heavy atom. The molecule has 0 saturated heterocycles. The SMILES string of the molecule is c1ccc([Si]2c3ccccc3C3(c4ccccc4Oc4ccccc43)c3cc(N4c5ccccc5Oc5ccccc54)ccc32)cc1. The molecular weight excluding hydrogens is 591 g/mol. The van der Waals surface area contributed by atoms with E-state index >= 15 is 0 Å². The van der Waals surface area contributed by atoms with Gasteiger partial charge in [0.1, 0.15) is 11.5 Å². The lowest BCUT2D eigenvalue weighted by atomic mass is 9.63. The van der Waals surface area contributed by atoms with Crippen molar-refractivity contribution in [3.05, 3.63) is 192 Å². The number of hydrogen-bond acceptors (Lipinski definition) is 3. The molecule has 0 unspecified atom stereocenters. The van der Waals surface area contributed by atoms with Crippen LogP contribution in [0.3, 0.4) is 0 Å². The molecule has 3 heterocycles. The minimum Gasteiger partial charge on any atom is -0.457 e. The zero-order valence-corrected chi connectivity index (χ0v) is 26.4. The van der Waals surface area contributed by atoms with Crippen molar-refractivity contribution in [3.8, 4) is 23.0 Å². The summed E-state index contributed by atoms with van der Waals surface area (Å²) in [6, 6.07) is 61.2. The number of anilines is 3. The molecule has 1 spiro atoms. The van der Waals surface area contributed by atoms with E-state index in [2.05, 4.69) is 163 Å². The van der Waals surface area contributed by atoms with Crippen molar-refractivity contribution in [2.45, 2.75) is 5.41 Å². The highest BCUT2D eigenvalue weighted by atomic mass is 28.3. The number of ether oxygens (including phenoxy) is 2. The summed E-state index contributed by atoms with van der Waals surface area (Å²) >= 11 is 0. The lowest BCUT2D eigenvalue weighted by Gasteiger charge is -2.47. The van der Waals surface area contributed by atoms with E-state index in [0.29, 0.717) is 0 Å². The van der Waals surface area contributed by atoms with Gasteiger partial charge in [-0.2, -0.15) is 0 Å². The van der Waals surface area contributed by atoms with E-state index in [4.69, 9.17) is 9.47 Å². The highest BCUT2D eigenvalue weighted by molar-refractivity contribution is 6.96. The van der Waals surface area contributed by atoms with E-state index < -0.39 is 14.2 Å². The average Bonchev–Trinajstić information content (AvgIpc) is 3.14. The van der Waals surface area contributed by atoms with E-state index in [0.717, 1.165) is 40.1 Å². The Kier molecular flexibility index (Phi) is 5.66. The summed E-state index contributed by atoms with van der Waals surface area (Å²) in [4.78, 5) is 2.36. The summed E-state index contributed by atoms with van der Waals surface area (Å²) in [6.07, 6.45) is 0. The molecule has 4 heteroatoms. The van der Waals surface area contributed by atoms with Crippen LogP contribution in [0.2, 0.25) is 0 Å². The monoisotopic (exact) mass is 618 g/mol. The molecular formula is C43H28NO2Si. The zero-order chi connectivity index (χ0) is 31.0. The number of benzene rings is 7. The summed E-state index contributed by atoms with van der Waals surface area (Å²) in [5, 5.41) is 4.19. The van der Waals surface area contributed by atoms with Crippen molar-refractivity contribution >= 4 is 41.4 Å². The summed E-state index contributed by atoms with van der Waals surface area (Å²) in [7, 11) is -1.37. The molecule has 3 nitrogen and oxygen atoms in total. The van der Waals surface area contributed by atoms with E-state index in [-0.39, 0.29) is 0 Å². The maximum absolute atomic E-state index is 6.67. The van der Waals surface area contributed by atoms with Crippen LogP contribution < -0.4 is 29.9 Å². The van der Waals surface area contributed by atoms with Gasteiger partial charge in [-0.1, -0.05) is 127 Å². The van der Waals surface area contributed by atoms with Crippen molar-refractivity contribution < 1.29 is 9.47 Å². The molecule has 7 aromatic carbocycles. The van der Waals surface area contributed by atoms with Gasteiger partial charge in [-0.15, -0.1) is 0 Å². The van der Waals surface area contributed by atoms with Crippen LogP contribution in [-0.2, 0) is 5.41 Å². The fraction of sp³-hybridized carbons (Fsp3) is 0.0233. The van der Waals surface area contributed by atoms with Gasteiger partial charge in [0.15, 0.2) is 20.3 Å². The van der Waals surface area contributed by atoms with Crippen LogP contribution in [0, 0.1) is 0 Å². The summed E-state index contributed by atoms with van der Waals surface area (Å²) in [5.41, 5.74) is 7.53. The molecule has 3 aliphatic heterocycles. The van der Waals surface area contributed by atoms with Crippen LogP contribution in [0.1, 0.15) is 22.3 Å². The third kappa shape index (κ3) is 3.67. The first-order valence-electron chi connectivity index (χ1n) is 16.0. The molecule has 0 amide bonds. The Hall–Kier alpha value is -5.84. The third-order valence-corrected chi connectivity index (χ3v) is 12.7. The standard InChI is InChI=1S/C43H28NO2Si/c1-2-14-30(15-3-1)47-41-25-13-6-18-33(41)43(31-16-4-9-21-37(31)45-38-22-10-5-17-32(38)43)34-28-29(26-27-42(34)47)44-35-19-7-11-23-39(35)46-40-24-12-8-20-36(40)44/h1-28H. The van der Waals surface area contributed by atoms with E-state index in [1.807, 2.05) is 12.1 Å². The minimum atomic E-state index is -1.37. The predicted molar refractivity (Wildman–Crippen MR) is 191 cm³/mol. The van der Waals surface area contributed by atoms with Crippen molar-refractivity contribution in [1.29, 1.82) is 0 Å². The summed E-state index contributed by atoms with van der Waals surface area (Å²) in [6.45, 7) is 0. The zero-order valence-electron chi connectivity index (χ0n) is 25.4. The highest BCUT2D eigenvalue weighted by Crippen LogP contribution is 2.57. The minimum absolute atomic E-state index is 0.582. The molecule has 7 aromatic rings. The second kappa shape index (κ2) is 10.1. The van der Waals surface area contributed by atoms with Gasteiger partial charge in [-0.3, -0.25) is 0 Å². The number of hydrogen-bond donors (Lipinski definition) is 0. The van der Waals surface area contributed by atoms with Crippen molar-refractivity contribution in [1.82, 2.24) is 0 Å². The van der Waals surface area contributed by atoms with E-state index in [1.165, 1.54) is 37.8 Å². The third-order valence-electron chi connectivity index (χ3n) is 9.83. The first-order valence-corrected chi connectivity index (χ1v) is 17.5. The lowest BCUT2D eigenvalue weighted by molar-refractivity contribution is 0.435. The number of rotatable bonds is 2. The van der Waals surface area contributed by atoms with Crippen molar-refractivity contribution in [2.24, 2.45) is 0 Å². The normalized spacial score (nSPS) is 14.8. The van der Waals surface area contributed by atoms with E-state index in [1.54, 1.807) is 0 Å². The Morgan fingerprint density at radius 2 is 0.894 bits per heavy atom. The second-order valence-electron chi connectivity index (χ2n) is 12.2. The van der Waals surface area contributed by atoms with Gasteiger partial charge < -0.3 is 14.4 Å². The Balaban J connectivity index is 1.34. The smallest absolute Gasteiger partial charge is 0.155 e. The van der Waals surface area contributed by atoms with Gasteiger partial charge in [-0.05, 0) is 70.0 Å². The maximum atomic E-state index is 6.67. The first-order chi connectivity index (χ1) is 23.3. The molecule has 0 N–H and O–H groups in total. The quantitative estimate of drug-likeness (QED) is 0.181. The fourth-order valence-corrected chi connectivity index (χ4v) is 11.0. The highest BCUT2D eigenvalue weighted by Gasteiger charge is 2.52. The molecule has 10 rings (SSSR count). The van der Waals surface area contributed by atoms with Crippen LogP contribution in [-0.4, -0.2) is 8.80 Å². The second-order valence-corrected chi connectivity index (χ2v) is 14.6. The van der Waals surface area contributed by atoms with Gasteiger partial charge in [0.05, 0.1) is 16.8 Å². The fourth-order valence-electron chi connectivity index (χ4n) is 7.99. The van der Waals surface area contributed by atoms with Crippen molar-refractivity contribution in [2.75, 3.05) is 4.90 Å². The molecule has 0 aliphatic carbocycles. The molecule has 221 valence electrons. The van der Waals surface area contributed by atoms with Crippen LogP contribution in [0.4, 0.5) is 17.1 Å². The molecule has 0 bridgehead atoms. The first kappa shape index (κ1) is 26.4. The molecule has 3 aliphatic rings. The summed E-state index contributed by atoms with van der Waals surface area (Å²) < 4.78 is 13.1. The molecule has 0 aromatic heterocycles. The average molecular weight is 619 g/mol. The molecule has 0 atom stereocenters. The van der Waals surface area contributed by atoms with Crippen LogP contribution in [0.15, 0.2) is 170 Å². The number of fused-ring (bicyclic) bond motifs is 10. The van der Waals surface area contributed by atoms with Crippen LogP contribution in [0.5, 0.6) is 23.0 Å². The van der Waals surface area contributed by atoms with Gasteiger partial charge in [0.25, 0.3) is 0 Å². The Labute approximate surface area is 275 Å². The number of nitrogens with zero attached hydrogens (tertiary/aromatic N) is 1. The maximum Gasteiger partial charge on any atom is 0.155 e. The predicted octanol–water partition coefficient (Wildman–Crippen LogP) is 8.58. The Morgan fingerprint density at radius 3 is 1.55 bits per heavy atom.